The summed E-state index contributed by atoms with van der Waals surface area (Å²) in [6, 6.07) is 6.51. The molecule has 0 fully saturated rings. The predicted octanol–water partition coefficient (Wildman–Crippen LogP) is 2.82. The van der Waals surface area contributed by atoms with Gasteiger partial charge in [-0.1, -0.05) is 19.9 Å². The molecule has 0 amide bonds. The first kappa shape index (κ1) is 10.6. The topological polar surface area (TPSA) is 40.7 Å². The molecule has 2 rings (SSSR count). The largest absolute Gasteiger partial charge is 0.341 e. The smallest absolute Gasteiger partial charge is 0.121 e. The second-order valence-electron chi connectivity index (χ2n) is 3.86. The molecule has 0 aliphatic rings. The normalized spacial score (nSPS) is 11.5. The van der Waals surface area contributed by atoms with E-state index in [2.05, 4.69) is 45.1 Å². The van der Waals surface area contributed by atoms with Gasteiger partial charge in [0.1, 0.15) is 11.3 Å². The van der Waals surface area contributed by atoms with Gasteiger partial charge in [0.15, 0.2) is 0 Å². The molecule has 0 aliphatic carbocycles. The Morgan fingerprint density at radius 2 is 2.27 bits per heavy atom. The highest BCUT2D eigenvalue weighted by Crippen LogP contribution is 2.21. The van der Waals surface area contributed by atoms with E-state index in [-0.39, 0.29) is 0 Å². The number of para-hydroxylation sites is 1. The zero-order valence-corrected chi connectivity index (χ0v) is 10.4. The molecule has 0 unspecified atom stereocenters. The lowest BCUT2D eigenvalue weighted by atomic mass is 10.3. The molecule has 0 atom stereocenters. The van der Waals surface area contributed by atoms with Crippen LogP contribution in [0.5, 0.6) is 0 Å². The van der Waals surface area contributed by atoms with Crippen LogP contribution < -0.4 is 5.32 Å². The van der Waals surface area contributed by atoms with Gasteiger partial charge >= 0.3 is 0 Å². The standard InChI is InChI=1S/C11H14BrN3/c1-7(2)13-6-10-14-9-5-3-4-8(12)11(9)15-10/h3-5,7,13H,6H2,1-2H3,(H,14,15). The molecule has 3 nitrogen and oxygen atoms in total. The zero-order valence-electron chi connectivity index (χ0n) is 8.84. The molecule has 80 valence electrons. The number of halogens is 1. The summed E-state index contributed by atoms with van der Waals surface area (Å²) in [7, 11) is 0. The van der Waals surface area contributed by atoms with Crippen LogP contribution in [0.2, 0.25) is 0 Å². The summed E-state index contributed by atoms with van der Waals surface area (Å²) in [5, 5.41) is 3.33. The highest BCUT2D eigenvalue weighted by molar-refractivity contribution is 9.10. The third kappa shape index (κ3) is 2.38. The third-order valence-electron chi connectivity index (χ3n) is 2.19. The van der Waals surface area contributed by atoms with Crippen molar-refractivity contribution in [2.75, 3.05) is 0 Å². The van der Waals surface area contributed by atoms with E-state index < -0.39 is 0 Å². The fourth-order valence-electron chi connectivity index (χ4n) is 1.43. The lowest BCUT2D eigenvalue weighted by Gasteiger charge is -2.04. The van der Waals surface area contributed by atoms with Crippen LogP contribution in [0.15, 0.2) is 22.7 Å². The second kappa shape index (κ2) is 4.33. The van der Waals surface area contributed by atoms with Crippen molar-refractivity contribution in [1.29, 1.82) is 0 Å². The van der Waals surface area contributed by atoms with E-state index in [0.717, 1.165) is 27.9 Å². The fraction of sp³-hybridized carbons (Fsp3) is 0.364. The molecule has 1 heterocycles. The predicted molar refractivity (Wildman–Crippen MR) is 65.8 cm³/mol. The van der Waals surface area contributed by atoms with E-state index in [1.54, 1.807) is 0 Å². The molecule has 4 heteroatoms. The van der Waals surface area contributed by atoms with Crippen molar-refractivity contribution in [1.82, 2.24) is 15.3 Å². The Morgan fingerprint density at radius 1 is 1.47 bits per heavy atom. The summed E-state index contributed by atoms with van der Waals surface area (Å²) >= 11 is 3.49. The van der Waals surface area contributed by atoms with E-state index >= 15 is 0 Å². The zero-order chi connectivity index (χ0) is 10.8. The van der Waals surface area contributed by atoms with Crippen LogP contribution in [0.25, 0.3) is 11.0 Å². The Bertz CT molecular complexity index is 462. The Labute approximate surface area is 97.4 Å². The lowest BCUT2D eigenvalue weighted by Crippen LogP contribution is -2.22. The van der Waals surface area contributed by atoms with Gasteiger partial charge in [-0.15, -0.1) is 0 Å². The Balaban J connectivity index is 2.27. The van der Waals surface area contributed by atoms with Crippen molar-refractivity contribution in [2.45, 2.75) is 26.4 Å². The van der Waals surface area contributed by atoms with Crippen LogP contribution >= 0.6 is 15.9 Å². The molecule has 0 saturated heterocycles. The molecule has 1 aromatic carbocycles. The minimum atomic E-state index is 0.474. The molecule has 0 saturated carbocycles. The van der Waals surface area contributed by atoms with Crippen LogP contribution in [-0.4, -0.2) is 16.0 Å². The summed E-state index contributed by atoms with van der Waals surface area (Å²) in [6.45, 7) is 5.02. The molecule has 2 aromatic rings. The van der Waals surface area contributed by atoms with Crippen molar-refractivity contribution >= 4 is 27.0 Å². The molecule has 0 radical (unpaired) electrons. The van der Waals surface area contributed by atoms with Gasteiger partial charge in [0.25, 0.3) is 0 Å². The van der Waals surface area contributed by atoms with Crippen molar-refractivity contribution in [3.63, 3.8) is 0 Å². The van der Waals surface area contributed by atoms with E-state index in [1.807, 2.05) is 18.2 Å². The molecule has 1 aromatic heterocycles. The van der Waals surface area contributed by atoms with Crippen molar-refractivity contribution in [2.24, 2.45) is 0 Å². The van der Waals surface area contributed by atoms with Gasteiger partial charge in [0.05, 0.1) is 12.1 Å². The van der Waals surface area contributed by atoms with E-state index in [9.17, 15) is 0 Å². The first-order valence-electron chi connectivity index (χ1n) is 5.03. The molecule has 0 bridgehead atoms. The maximum absolute atomic E-state index is 4.52. The Hall–Kier alpha value is -0.870. The van der Waals surface area contributed by atoms with Crippen LogP contribution in [0.1, 0.15) is 19.7 Å². The SMILES string of the molecule is CC(C)NCc1nc2c(Br)cccc2[nH]1. The summed E-state index contributed by atoms with van der Waals surface area (Å²) in [5.74, 6) is 0.977. The number of imidazole rings is 1. The van der Waals surface area contributed by atoms with Crippen LogP contribution in [-0.2, 0) is 6.54 Å². The Morgan fingerprint density at radius 3 is 2.93 bits per heavy atom. The van der Waals surface area contributed by atoms with Crippen LogP contribution in [0, 0.1) is 0 Å². The van der Waals surface area contributed by atoms with Gasteiger partial charge in [-0.25, -0.2) is 4.98 Å². The molecular weight excluding hydrogens is 254 g/mol. The Kier molecular flexibility index (Phi) is 3.07. The number of fused-ring (bicyclic) bond motifs is 1. The second-order valence-corrected chi connectivity index (χ2v) is 4.71. The number of nitrogens with one attached hydrogen (secondary N) is 2. The van der Waals surface area contributed by atoms with Gasteiger partial charge in [0.2, 0.25) is 0 Å². The van der Waals surface area contributed by atoms with Gasteiger partial charge < -0.3 is 10.3 Å². The van der Waals surface area contributed by atoms with Gasteiger partial charge in [-0.3, -0.25) is 0 Å². The van der Waals surface area contributed by atoms with E-state index in [0.29, 0.717) is 6.04 Å². The summed E-state index contributed by atoms with van der Waals surface area (Å²) in [5.41, 5.74) is 2.07. The van der Waals surface area contributed by atoms with E-state index in [4.69, 9.17) is 0 Å². The highest BCUT2D eigenvalue weighted by atomic mass is 79.9. The number of aromatic nitrogens is 2. The van der Waals surface area contributed by atoms with E-state index in [1.165, 1.54) is 0 Å². The highest BCUT2D eigenvalue weighted by Gasteiger charge is 2.05. The fourth-order valence-corrected chi connectivity index (χ4v) is 1.89. The van der Waals surface area contributed by atoms with Crippen LogP contribution in [0.3, 0.4) is 0 Å². The monoisotopic (exact) mass is 267 g/mol. The lowest BCUT2D eigenvalue weighted by molar-refractivity contribution is 0.576. The average Bonchev–Trinajstić information content (AvgIpc) is 2.59. The number of hydrogen-bond donors (Lipinski definition) is 2. The summed E-state index contributed by atoms with van der Waals surface area (Å²) < 4.78 is 1.03. The summed E-state index contributed by atoms with van der Waals surface area (Å²) in [4.78, 5) is 7.81. The maximum atomic E-state index is 4.52. The average molecular weight is 268 g/mol. The van der Waals surface area contributed by atoms with Gasteiger partial charge in [-0.05, 0) is 28.1 Å². The number of hydrogen-bond acceptors (Lipinski definition) is 2. The minimum absolute atomic E-state index is 0.474. The minimum Gasteiger partial charge on any atom is -0.341 e. The molecule has 2 N–H and O–H groups in total. The quantitative estimate of drug-likeness (QED) is 0.898. The molecular formula is C11H14BrN3. The number of benzene rings is 1. The number of aromatic amines is 1. The molecule has 0 aliphatic heterocycles. The molecule has 15 heavy (non-hydrogen) atoms. The third-order valence-corrected chi connectivity index (χ3v) is 2.83. The number of rotatable bonds is 3. The summed E-state index contributed by atoms with van der Waals surface area (Å²) in [6.07, 6.45) is 0. The number of H-pyrrole nitrogens is 1. The molecule has 0 spiro atoms. The van der Waals surface area contributed by atoms with Crippen molar-refractivity contribution < 1.29 is 0 Å². The first-order chi connectivity index (χ1) is 7.16. The first-order valence-corrected chi connectivity index (χ1v) is 5.82. The maximum Gasteiger partial charge on any atom is 0.121 e. The van der Waals surface area contributed by atoms with Gasteiger partial charge in [-0.2, -0.15) is 0 Å². The van der Waals surface area contributed by atoms with Crippen molar-refractivity contribution in [3.8, 4) is 0 Å². The number of nitrogens with zero attached hydrogens (tertiary/aromatic N) is 1. The van der Waals surface area contributed by atoms with Crippen molar-refractivity contribution in [3.05, 3.63) is 28.5 Å². The van der Waals surface area contributed by atoms with Gasteiger partial charge in [0, 0.05) is 10.5 Å². The van der Waals surface area contributed by atoms with Crippen LogP contribution in [0.4, 0.5) is 0 Å².